The molecule has 1 saturated carbocycles. The Morgan fingerprint density at radius 2 is 2.12 bits per heavy atom. The van der Waals surface area contributed by atoms with Crippen LogP contribution in [0.15, 0.2) is 41.8 Å². The van der Waals surface area contributed by atoms with Crippen molar-refractivity contribution in [2.24, 2.45) is 16.6 Å². The summed E-state index contributed by atoms with van der Waals surface area (Å²) in [6.07, 6.45) is 3.64. The van der Waals surface area contributed by atoms with Gasteiger partial charge in [0, 0.05) is 24.1 Å². The molecule has 3 heterocycles. The second-order valence-corrected chi connectivity index (χ2v) is 9.54. The number of halogens is 2. The summed E-state index contributed by atoms with van der Waals surface area (Å²) in [5.74, 6) is -0.920. The molecule has 0 spiro atoms. The van der Waals surface area contributed by atoms with E-state index in [1.54, 1.807) is 18.2 Å². The number of nitrogens with zero attached hydrogens (tertiary/aromatic N) is 5. The van der Waals surface area contributed by atoms with E-state index in [9.17, 15) is 13.9 Å². The average Bonchev–Trinajstić information content (AvgIpc) is 3.55. The minimum Gasteiger partial charge on any atom is -0.395 e. The maximum absolute atomic E-state index is 15.0. The first-order valence-corrected chi connectivity index (χ1v) is 10.8. The van der Waals surface area contributed by atoms with Crippen LogP contribution < -0.4 is 5.73 Å². The van der Waals surface area contributed by atoms with Gasteiger partial charge in [0.05, 0.1) is 28.1 Å². The molecule has 7 nitrogen and oxygen atoms in total. The molecule has 0 amide bonds. The summed E-state index contributed by atoms with van der Waals surface area (Å²) in [6, 6.07) is 8.15. The Labute approximate surface area is 186 Å². The Hall–Kier alpha value is -3.16. The molecular formula is C22H18F2N6OS. The lowest BCUT2D eigenvalue weighted by atomic mass is 9.83. The first kappa shape index (κ1) is 20.7. The van der Waals surface area contributed by atoms with E-state index in [4.69, 9.17) is 11.0 Å². The van der Waals surface area contributed by atoms with Crippen LogP contribution in [-0.2, 0) is 12.0 Å². The van der Waals surface area contributed by atoms with Gasteiger partial charge in [0.1, 0.15) is 35.9 Å². The fraction of sp³-hybridized carbons (Fsp3) is 0.318. The van der Waals surface area contributed by atoms with Crippen molar-refractivity contribution in [1.29, 1.82) is 5.26 Å². The summed E-state index contributed by atoms with van der Waals surface area (Å²) in [4.78, 5) is 17.1. The second-order valence-electron chi connectivity index (χ2n) is 8.10. The molecule has 3 atom stereocenters. The van der Waals surface area contributed by atoms with Gasteiger partial charge in [-0.1, -0.05) is 17.8 Å². The van der Waals surface area contributed by atoms with Crippen LogP contribution in [0.4, 0.5) is 8.78 Å². The first-order valence-electron chi connectivity index (χ1n) is 9.94. The zero-order valence-corrected chi connectivity index (χ0v) is 17.6. The standard InChI is InChI=1S/C22H18F2N6OS/c23-9-22(18-6-21(18,10-31)32-20(26)30-22)14-3-12(1-2-15(14)24)4-16-19-17(29-11-28-16)5-13(7-25)8-27-19/h1-3,5,8,11,18,31H,4,6,9-10H2,(H2,26,30)/t18-,21-,22-/m1/s1. The number of hydrogen-bond acceptors (Lipinski definition) is 8. The van der Waals surface area contributed by atoms with E-state index in [1.165, 1.54) is 30.4 Å². The molecule has 162 valence electrons. The Morgan fingerprint density at radius 1 is 1.28 bits per heavy atom. The zero-order valence-electron chi connectivity index (χ0n) is 16.8. The summed E-state index contributed by atoms with van der Waals surface area (Å²) in [5.41, 5.74) is 7.38. The van der Waals surface area contributed by atoms with Gasteiger partial charge in [-0.05, 0) is 30.2 Å². The van der Waals surface area contributed by atoms with Crippen molar-refractivity contribution in [2.75, 3.05) is 13.3 Å². The van der Waals surface area contributed by atoms with Crippen molar-refractivity contribution in [1.82, 2.24) is 15.0 Å². The van der Waals surface area contributed by atoms with E-state index < -0.39 is 22.8 Å². The molecule has 0 radical (unpaired) electrons. The van der Waals surface area contributed by atoms with Gasteiger partial charge in [-0.2, -0.15) is 5.26 Å². The topological polar surface area (TPSA) is 121 Å². The van der Waals surface area contributed by atoms with Crippen LogP contribution >= 0.6 is 11.8 Å². The van der Waals surface area contributed by atoms with Crippen molar-refractivity contribution >= 4 is 28.0 Å². The van der Waals surface area contributed by atoms with Gasteiger partial charge < -0.3 is 10.8 Å². The summed E-state index contributed by atoms with van der Waals surface area (Å²) >= 11 is 1.23. The van der Waals surface area contributed by atoms with Gasteiger partial charge in [0.25, 0.3) is 0 Å². The van der Waals surface area contributed by atoms with Gasteiger partial charge in [-0.15, -0.1) is 0 Å². The highest BCUT2D eigenvalue weighted by Crippen LogP contribution is 2.65. The molecule has 1 fully saturated rings. The first-order chi connectivity index (χ1) is 15.4. The zero-order chi connectivity index (χ0) is 22.5. The van der Waals surface area contributed by atoms with Gasteiger partial charge in [-0.3, -0.25) is 4.98 Å². The van der Waals surface area contributed by atoms with Crippen LogP contribution in [0.3, 0.4) is 0 Å². The minimum atomic E-state index is -1.47. The third-order valence-corrected chi connectivity index (χ3v) is 7.53. The largest absolute Gasteiger partial charge is 0.395 e. The lowest BCUT2D eigenvalue weighted by Crippen LogP contribution is -2.41. The minimum absolute atomic E-state index is 0.124. The molecule has 0 bridgehead atoms. The summed E-state index contributed by atoms with van der Waals surface area (Å²) < 4.78 is 28.9. The fourth-order valence-corrected chi connectivity index (χ4v) is 5.83. The number of aliphatic hydroxyl groups is 1. The summed E-state index contributed by atoms with van der Waals surface area (Å²) in [7, 11) is 0. The maximum atomic E-state index is 15.0. The Bertz CT molecular complexity index is 1310. The number of alkyl halides is 1. The molecule has 3 aromatic rings. The number of nitriles is 1. The predicted molar refractivity (Wildman–Crippen MR) is 116 cm³/mol. The molecule has 3 N–H and O–H groups in total. The molecule has 1 aliphatic heterocycles. The molecule has 2 aromatic heterocycles. The highest BCUT2D eigenvalue weighted by molar-refractivity contribution is 8.15. The van der Waals surface area contributed by atoms with Gasteiger partial charge >= 0.3 is 0 Å². The van der Waals surface area contributed by atoms with E-state index in [0.29, 0.717) is 40.7 Å². The van der Waals surface area contributed by atoms with Crippen LogP contribution in [0.2, 0.25) is 0 Å². The van der Waals surface area contributed by atoms with Crippen molar-refractivity contribution in [2.45, 2.75) is 23.1 Å². The monoisotopic (exact) mass is 452 g/mol. The third-order valence-electron chi connectivity index (χ3n) is 6.24. The van der Waals surface area contributed by atoms with Gasteiger partial charge in [0.15, 0.2) is 5.17 Å². The molecule has 1 aliphatic carbocycles. The van der Waals surface area contributed by atoms with Gasteiger partial charge in [0.2, 0.25) is 0 Å². The van der Waals surface area contributed by atoms with Crippen LogP contribution in [-0.4, -0.2) is 43.3 Å². The maximum Gasteiger partial charge on any atom is 0.155 e. The molecule has 0 unspecified atom stereocenters. The number of benzene rings is 1. The average molecular weight is 452 g/mol. The number of aliphatic imine (C=N–C) groups is 1. The molecule has 10 heteroatoms. The third kappa shape index (κ3) is 3.12. The SMILES string of the molecule is N#Cc1cnc2c(Cc3ccc(F)c([C@@]4(CF)N=C(N)S[C@@]5(CO)C[C@H]54)c3)ncnc2c1. The molecule has 1 aromatic carbocycles. The lowest BCUT2D eigenvalue weighted by molar-refractivity contribution is 0.231. The second kappa shape index (κ2) is 7.46. The smallest absolute Gasteiger partial charge is 0.155 e. The van der Waals surface area contributed by atoms with E-state index in [-0.39, 0.29) is 23.3 Å². The van der Waals surface area contributed by atoms with E-state index in [1.807, 2.05) is 6.07 Å². The molecule has 2 aliphatic rings. The number of fused-ring (bicyclic) bond motifs is 2. The van der Waals surface area contributed by atoms with E-state index >= 15 is 0 Å². The Morgan fingerprint density at radius 3 is 2.88 bits per heavy atom. The number of thioether (sulfide) groups is 1. The van der Waals surface area contributed by atoms with E-state index in [2.05, 4.69) is 19.9 Å². The number of pyridine rings is 1. The van der Waals surface area contributed by atoms with Crippen LogP contribution in [0, 0.1) is 23.1 Å². The number of amidine groups is 1. The highest BCUT2D eigenvalue weighted by atomic mass is 32.2. The molecular weight excluding hydrogens is 434 g/mol. The van der Waals surface area contributed by atoms with Crippen molar-refractivity contribution in [3.05, 3.63) is 65.0 Å². The van der Waals surface area contributed by atoms with Gasteiger partial charge in [-0.25, -0.2) is 23.7 Å². The van der Waals surface area contributed by atoms with Crippen molar-refractivity contribution in [3.63, 3.8) is 0 Å². The summed E-state index contributed by atoms with van der Waals surface area (Å²) in [5, 5.41) is 19.1. The number of aliphatic hydroxyl groups excluding tert-OH is 1. The number of aromatic nitrogens is 3. The molecule has 32 heavy (non-hydrogen) atoms. The highest BCUT2D eigenvalue weighted by Gasteiger charge is 2.68. The fourth-order valence-electron chi connectivity index (χ4n) is 4.55. The lowest BCUT2D eigenvalue weighted by Gasteiger charge is -2.34. The molecule has 0 saturated heterocycles. The quantitative estimate of drug-likeness (QED) is 0.610. The Kier molecular flexibility index (Phi) is 4.83. The van der Waals surface area contributed by atoms with Crippen LogP contribution in [0.5, 0.6) is 0 Å². The number of nitrogens with two attached hydrogens (primary N) is 1. The predicted octanol–water partition coefficient (Wildman–Crippen LogP) is 2.60. The van der Waals surface area contributed by atoms with E-state index in [0.717, 1.165) is 0 Å². The summed E-state index contributed by atoms with van der Waals surface area (Å²) in [6.45, 7) is -1.10. The van der Waals surface area contributed by atoms with Crippen LogP contribution in [0.25, 0.3) is 11.0 Å². The van der Waals surface area contributed by atoms with Crippen molar-refractivity contribution < 1.29 is 13.9 Å². The Balaban J connectivity index is 1.57. The van der Waals surface area contributed by atoms with Crippen molar-refractivity contribution in [3.8, 4) is 6.07 Å². The molecule has 5 rings (SSSR count). The van der Waals surface area contributed by atoms with Crippen LogP contribution in [0.1, 0.15) is 28.8 Å². The normalized spacial score (nSPS) is 26.3. The number of hydrogen-bond donors (Lipinski definition) is 2. The number of rotatable bonds is 5.